The fourth-order valence-electron chi connectivity index (χ4n) is 0.834. The number of thiol groups is 1. The van der Waals surface area contributed by atoms with E-state index in [1.807, 2.05) is 0 Å². The van der Waals surface area contributed by atoms with E-state index >= 15 is 0 Å². The van der Waals surface area contributed by atoms with Gasteiger partial charge in [-0.15, -0.1) is 12.6 Å². The minimum atomic E-state index is -0.381. The number of nitrogens with zero attached hydrogens (tertiary/aromatic N) is 1. The van der Waals surface area contributed by atoms with Crippen LogP contribution in [0.25, 0.3) is 0 Å². The van der Waals surface area contributed by atoms with Gasteiger partial charge in [-0.05, 0) is 26.0 Å². The van der Waals surface area contributed by atoms with Crippen LogP contribution in [-0.2, 0) is 4.74 Å². The van der Waals surface area contributed by atoms with Gasteiger partial charge in [-0.1, -0.05) is 0 Å². The molecule has 0 N–H and O–H groups in total. The van der Waals surface area contributed by atoms with Crippen LogP contribution in [0.1, 0.15) is 24.2 Å². The third kappa shape index (κ3) is 2.73. The van der Waals surface area contributed by atoms with E-state index in [2.05, 4.69) is 17.6 Å². The summed E-state index contributed by atoms with van der Waals surface area (Å²) in [5, 5.41) is 0.396. The smallest absolute Gasteiger partial charge is 0.341 e. The van der Waals surface area contributed by atoms with Crippen LogP contribution in [0.4, 0.5) is 0 Å². The molecule has 0 saturated carbocycles. The van der Waals surface area contributed by atoms with Gasteiger partial charge in [-0.3, -0.25) is 0 Å². The summed E-state index contributed by atoms with van der Waals surface area (Å²) in [6, 6.07) is 3.32. The average molecular weight is 197 g/mol. The molecule has 1 heterocycles. The molecule has 3 nitrogen and oxygen atoms in total. The van der Waals surface area contributed by atoms with Crippen LogP contribution in [0.3, 0.4) is 0 Å². The Labute approximate surface area is 82.5 Å². The van der Waals surface area contributed by atoms with Gasteiger partial charge in [0.15, 0.2) is 0 Å². The largest absolute Gasteiger partial charge is 0.459 e. The second-order valence-electron chi connectivity index (χ2n) is 2.83. The maximum absolute atomic E-state index is 11.4. The predicted molar refractivity (Wildman–Crippen MR) is 52.0 cm³/mol. The fourth-order valence-corrected chi connectivity index (χ4v) is 1.07. The van der Waals surface area contributed by atoms with Gasteiger partial charge in [0.25, 0.3) is 0 Å². The van der Waals surface area contributed by atoms with Crippen molar-refractivity contribution >= 4 is 18.6 Å². The van der Waals surface area contributed by atoms with Crippen LogP contribution < -0.4 is 0 Å². The molecule has 0 bridgehead atoms. The number of carbonyl (C=O) groups excluding carboxylic acids is 1. The molecule has 0 fully saturated rings. The molecular formula is C9H11NO2S. The van der Waals surface area contributed by atoms with E-state index in [1.165, 1.54) is 0 Å². The molecule has 70 valence electrons. The van der Waals surface area contributed by atoms with Gasteiger partial charge < -0.3 is 4.74 Å². The van der Waals surface area contributed by atoms with Crippen molar-refractivity contribution in [3.8, 4) is 0 Å². The van der Waals surface area contributed by atoms with Crippen LogP contribution in [0.5, 0.6) is 0 Å². The zero-order valence-corrected chi connectivity index (χ0v) is 8.41. The minimum Gasteiger partial charge on any atom is -0.459 e. The molecule has 0 atom stereocenters. The highest BCUT2D eigenvalue weighted by molar-refractivity contribution is 7.80. The van der Waals surface area contributed by atoms with Gasteiger partial charge >= 0.3 is 5.97 Å². The molecule has 0 amide bonds. The standard InChI is InChI=1S/C9H11NO2S/c1-6(2)12-9(11)7-4-3-5-10-8(7)13/h3-6H,1-2H3,(H,10,13). The second kappa shape index (κ2) is 4.28. The highest BCUT2D eigenvalue weighted by Gasteiger charge is 2.12. The van der Waals surface area contributed by atoms with Crippen molar-refractivity contribution in [1.29, 1.82) is 0 Å². The summed E-state index contributed by atoms with van der Waals surface area (Å²) in [6.45, 7) is 3.60. The molecule has 1 aromatic heterocycles. The molecule has 1 rings (SSSR count). The summed E-state index contributed by atoms with van der Waals surface area (Å²) < 4.78 is 4.99. The lowest BCUT2D eigenvalue weighted by Gasteiger charge is -2.08. The van der Waals surface area contributed by atoms with Gasteiger partial charge in [0.05, 0.1) is 11.7 Å². The normalized spacial score (nSPS) is 10.2. The van der Waals surface area contributed by atoms with Crippen molar-refractivity contribution in [2.75, 3.05) is 0 Å². The summed E-state index contributed by atoms with van der Waals surface area (Å²) in [4.78, 5) is 15.2. The second-order valence-corrected chi connectivity index (χ2v) is 3.25. The van der Waals surface area contributed by atoms with E-state index in [4.69, 9.17) is 4.74 Å². The maximum Gasteiger partial charge on any atom is 0.341 e. The number of hydrogen-bond acceptors (Lipinski definition) is 4. The van der Waals surface area contributed by atoms with E-state index < -0.39 is 0 Å². The fraction of sp³-hybridized carbons (Fsp3) is 0.333. The molecule has 0 spiro atoms. The van der Waals surface area contributed by atoms with Crippen molar-refractivity contribution in [3.63, 3.8) is 0 Å². The lowest BCUT2D eigenvalue weighted by Crippen LogP contribution is -2.12. The van der Waals surface area contributed by atoms with E-state index in [-0.39, 0.29) is 12.1 Å². The van der Waals surface area contributed by atoms with Crippen molar-refractivity contribution in [3.05, 3.63) is 23.9 Å². The number of rotatable bonds is 2. The summed E-state index contributed by atoms with van der Waals surface area (Å²) >= 11 is 4.05. The lowest BCUT2D eigenvalue weighted by molar-refractivity contribution is 0.0373. The molecule has 0 saturated heterocycles. The zero-order chi connectivity index (χ0) is 9.84. The Balaban J connectivity index is 2.83. The molecular weight excluding hydrogens is 186 g/mol. The average Bonchev–Trinajstić information content (AvgIpc) is 2.03. The molecule has 0 aliphatic heterocycles. The van der Waals surface area contributed by atoms with Gasteiger partial charge in [0.1, 0.15) is 5.03 Å². The van der Waals surface area contributed by atoms with Gasteiger partial charge in [0.2, 0.25) is 0 Å². The van der Waals surface area contributed by atoms with Crippen molar-refractivity contribution in [2.24, 2.45) is 0 Å². The Bertz CT molecular complexity index is 312. The van der Waals surface area contributed by atoms with Crippen LogP contribution >= 0.6 is 12.6 Å². The van der Waals surface area contributed by atoms with E-state index in [9.17, 15) is 4.79 Å². The van der Waals surface area contributed by atoms with Gasteiger partial charge in [0, 0.05) is 6.20 Å². The SMILES string of the molecule is CC(C)OC(=O)c1cccnc1S. The quantitative estimate of drug-likeness (QED) is 0.581. The van der Waals surface area contributed by atoms with Crippen molar-refractivity contribution < 1.29 is 9.53 Å². The van der Waals surface area contributed by atoms with E-state index in [0.717, 1.165) is 0 Å². The first-order valence-corrected chi connectivity index (χ1v) is 4.41. The van der Waals surface area contributed by atoms with Crippen molar-refractivity contribution in [1.82, 2.24) is 4.98 Å². The Kier molecular flexibility index (Phi) is 3.31. The van der Waals surface area contributed by atoms with Crippen molar-refractivity contribution in [2.45, 2.75) is 25.0 Å². The Morgan fingerprint density at radius 2 is 2.31 bits per heavy atom. The topological polar surface area (TPSA) is 39.2 Å². The Hall–Kier alpha value is -1.03. The number of carbonyl (C=O) groups is 1. The summed E-state index contributed by atoms with van der Waals surface area (Å²) in [6.07, 6.45) is 1.45. The Morgan fingerprint density at radius 3 is 2.85 bits per heavy atom. The number of aromatic nitrogens is 1. The highest BCUT2D eigenvalue weighted by Crippen LogP contribution is 2.11. The molecule has 4 heteroatoms. The number of esters is 1. The molecule has 0 radical (unpaired) electrons. The zero-order valence-electron chi connectivity index (χ0n) is 7.52. The molecule has 0 aromatic carbocycles. The predicted octanol–water partition coefficient (Wildman–Crippen LogP) is 1.94. The van der Waals surface area contributed by atoms with Gasteiger partial charge in [-0.2, -0.15) is 0 Å². The monoisotopic (exact) mass is 197 g/mol. The van der Waals surface area contributed by atoms with E-state index in [0.29, 0.717) is 10.6 Å². The van der Waals surface area contributed by atoms with Crippen LogP contribution in [0.2, 0.25) is 0 Å². The van der Waals surface area contributed by atoms with Crippen LogP contribution in [-0.4, -0.2) is 17.1 Å². The molecule has 0 unspecified atom stereocenters. The third-order valence-corrected chi connectivity index (χ3v) is 1.71. The number of pyridine rings is 1. The first-order valence-electron chi connectivity index (χ1n) is 3.96. The highest BCUT2D eigenvalue weighted by atomic mass is 32.1. The molecule has 1 aromatic rings. The minimum absolute atomic E-state index is 0.125. The lowest BCUT2D eigenvalue weighted by atomic mass is 10.3. The van der Waals surface area contributed by atoms with E-state index in [1.54, 1.807) is 32.2 Å². The molecule has 13 heavy (non-hydrogen) atoms. The van der Waals surface area contributed by atoms with Crippen LogP contribution in [0, 0.1) is 0 Å². The third-order valence-electron chi connectivity index (χ3n) is 1.35. The number of ether oxygens (including phenoxy) is 1. The molecule has 0 aliphatic rings. The summed E-state index contributed by atoms with van der Waals surface area (Å²) in [7, 11) is 0. The Morgan fingerprint density at radius 1 is 1.62 bits per heavy atom. The van der Waals surface area contributed by atoms with Crippen LogP contribution in [0.15, 0.2) is 23.4 Å². The first kappa shape index (κ1) is 10.1. The maximum atomic E-state index is 11.4. The number of hydrogen-bond donors (Lipinski definition) is 1. The molecule has 0 aliphatic carbocycles. The summed E-state index contributed by atoms with van der Waals surface area (Å²) in [5.74, 6) is -0.381. The summed E-state index contributed by atoms with van der Waals surface area (Å²) in [5.41, 5.74) is 0.402. The van der Waals surface area contributed by atoms with Gasteiger partial charge in [-0.25, -0.2) is 9.78 Å². The first-order chi connectivity index (χ1) is 6.11.